The molecule has 0 spiro atoms. The van der Waals surface area contributed by atoms with Crippen LogP contribution in [-0.4, -0.2) is 15.1 Å². The molecular formula is C22H32N2O. The van der Waals surface area contributed by atoms with E-state index in [2.05, 4.69) is 45.7 Å². The van der Waals surface area contributed by atoms with E-state index in [9.17, 15) is 5.11 Å². The highest BCUT2D eigenvalue weighted by Crippen LogP contribution is 2.37. The van der Waals surface area contributed by atoms with Crippen LogP contribution in [0.3, 0.4) is 0 Å². The van der Waals surface area contributed by atoms with Crippen molar-refractivity contribution in [2.45, 2.75) is 78.7 Å². The van der Waals surface area contributed by atoms with Gasteiger partial charge in [0.15, 0.2) is 0 Å². The average Bonchev–Trinajstić information content (AvgIpc) is 2.61. The van der Waals surface area contributed by atoms with Crippen molar-refractivity contribution < 1.29 is 5.11 Å². The predicted molar refractivity (Wildman–Crippen MR) is 105 cm³/mol. The summed E-state index contributed by atoms with van der Waals surface area (Å²) in [5.41, 5.74) is 6.71. The zero-order valence-corrected chi connectivity index (χ0v) is 16.3. The van der Waals surface area contributed by atoms with E-state index in [1.807, 2.05) is 12.3 Å². The van der Waals surface area contributed by atoms with Gasteiger partial charge in [-0.2, -0.15) is 0 Å². The first-order valence-electron chi connectivity index (χ1n) is 9.57. The van der Waals surface area contributed by atoms with Crippen LogP contribution in [0.5, 0.6) is 0 Å². The predicted octanol–water partition coefficient (Wildman–Crippen LogP) is 5.62. The highest BCUT2D eigenvalue weighted by Gasteiger charge is 2.23. The molecule has 0 aliphatic carbocycles. The Morgan fingerprint density at radius 3 is 2.20 bits per heavy atom. The number of pyridine rings is 2. The monoisotopic (exact) mass is 340 g/mol. The maximum absolute atomic E-state index is 10.2. The summed E-state index contributed by atoms with van der Waals surface area (Å²) in [6, 6.07) is 4.07. The molecule has 136 valence electrons. The van der Waals surface area contributed by atoms with Crippen molar-refractivity contribution in [2.24, 2.45) is 0 Å². The molecule has 0 aromatic carbocycles. The minimum absolute atomic E-state index is 0.0178. The number of unbranched alkanes of at least 4 members (excludes halogenated alkanes) is 2. The number of hydrogen-bond donors (Lipinski definition) is 1. The van der Waals surface area contributed by atoms with Gasteiger partial charge >= 0.3 is 0 Å². The molecule has 0 radical (unpaired) electrons. The maximum Gasteiger partial charge on any atom is 0.0705 e. The molecule has 0 saturated heterocycles. The Morgan fingerprint density at radius 1 is 1.00 bits per heavy atom. The highest BCUT2D eigenvalue weighted by atomic mass is 16.3. The Hall–Kier alpha value is -1.74. The summed E-state index contributed by atoms with van der Waals surface area (Å²) in [5, 5.41) is 10.2. The molecule has 3 heteroatoms. The SMILES string of the molecule is CCCCCc1c(C(C)C)nc(C(C)C)c(CO)c1-c1cccnc1. The fraction of sp³-hybridized carbons (Fsp3) is 0.545. The Morgan fingerprint density at radius 2 is 1.68 bits per heavy atom. The third-order valence-corrected chi connectivity index (χ3v) is 4.70. The van der Waals surface area contributed by atoms with Gasteiger partial charge in [0, 0.05) is 34.9 Å². The molecule has 25 heavy (non-hydrogen) atoms. The van der Waals surface area contributed by atoms with Crippen LogP contribution in [0.4, 0.5) is 0 Å². The molecule has 0 saturated carbocycles. The molecule has 0 amide bonds. The van der Waals surface area contributed by atoms with Gasteiger partial charge in [0.25, 0.3) is 0 Å². The molecule has 2 heterocycles. The molecule has 1 N–H and O–H groups in total. The van der Waals surface area contributed by atoms with E-state index in [0.29, 0.717) is 5.92 Å². The lowest BCUT2D eigenvalue weighted by atomic mass is 9.86. The van der Waals surface area contributed by atoms with Gasteiger partial charge in [-0.25, -0.2) is 0 Å². The first-order valence-corrected chi connectivity index (χ1v) is 9.57. The van der Waals surface area contributed by atoms with Crippen molar-refractivity contribution in [1.82, 2.24) is 9.97 Å². The Labute approximate surface area is 152 Å². The Balaban J connectivity index is 2.76. The van der Waals surface area contributed by atoms with E-state index < -0.39 is 0 Å². The van der Waals surface area contributed by atoms with Crippen molar-refractivity contribution in [3.8, 4) is 11.1 Å². The third-order valence-electron chi connectivity index (χ3n) is 4.70. The summed E-state index contributed by atoms with van der Waals surface area (Å²) < 4.78 is 0. The molecule has 0 bridgehead atoms. The van der Waals surface area contributed by atoms with Gasteiger partial charge in [-0.3, -0.25) is 9.97 Å². The molecule has 2 rings (SSSR count). The van der Waals surface area contributed by atoms with Crippen LogP contribution in [0.15, 0.2) is 24.5 Å². The quantitative estimate of drug-likeness (QED) is 0.635. The lowest BCUT2D eigenvalue weighted by molar-refractivity contribution is 0.279. The smallest absolute Gasteiger partial charge is 0.0705 e. The molecule has 0 atom stereocenters. The second kappa shape index (κ2) is 9.10. The number of nitrogens with zero attached hydrogens (tertiary/aromatic N) is 2. The van der Waals surface area contributed by atoms with E-state index in [1.54, 1.807) is 6.20 Å². The van der Waals surface area contributed by atoms with Crippen LogP contribution in [0.2, 0.25) is 0 Å². The van der Waals surface area contributed by atoms with E-state index in [1.165, 1.54) is 24.1 Å². The van der Waals surface area contributed by atoms with Gasteiger partial charge in [0.05, 0.1) is 6.61 Å². The fourth-order valence-electron chi connectivity index (χ4n) is 3.48. The summed E-state index contributed by atoms with van der Waals surface area (Å²) in [7, 11) is 0. The van der Waals surface area contributed by atoms with E-state index in [0.717, 1.165) is 35.2 Å². The minimum Gasteiger partial charge on any atom is -0.392 e. The van der Waals surface area contributed by atoms with Crippen molar-refractivity contribution in [1.29, 1.82) is 0 Å². The number of aliphatic hydroxyl groups excluding tert-OH is 1. The van der Waals surface area contributed by atoms with Crippen LogP contribution in [-0.2, 0) is 13.0 Å². The minimum atomic E-state index is 0.0178. The van der Waals surface area contributed by atoms with Gasteiger partial charge in [-0.15, -0.1) is 0 Å². The van der Waals surface area contributed by atoms with Gasteiger partial charge in [0.1, 0.15) is 0 Å². The fourth-order valence-corrected chi connectivity index (χ4v) is 3.48. The van der Waals surface area contributed by atoms with Gasteiger partial charge in [0.2, 0.25) is 0 Å². The van der Waals surface area contributed by atoms with E-state index in [4.69, 9.17) is 4.98 Å². The summed E-state index contributed by atoms with van der Waals surface area (Å²) in [6.45, 7) is 11.0. The van der Waals surface area contributed by atoms with Crippen LogP contribution < -0.4 is 0 Å². The molecule has 0 aliphatic heterocycles. The topological polar surface area (TPSA) is 46.0 Å². The summed E-state index contributed by atoms with van der Waals surface area (Å²) in [4.78, 5) is 9.35. The Bertz CT molecular complexity index is 678. The van der Waals surface area contributed by atoms with Crippen molar-refractivity contribution in [3.05, 3.63) is 47.0 Å². The van der Waals surface area contributed by atoms with Crippen molar-refractivity contribution >= 4 is 0 Å². The van der Waals surface area contributed by atoms with Crippen molar-refractivity contribution in [2.75, 3.05) is 0 Å². The summed E-state index contributed by atoms with van der Waals surface area (Å²) in [6.07, 6.45) is 8.27. The highest BCUT2D eigenvalue weighted by molar-refractivity contribution is 5.72. The molecule has 2 aromatic rings. The zero-order chi connectivity index (χ0) is 18.4. The Kier molecular flexibility index (Phi) is 7.12. The number of hydrogen-bond acceptors (Lipinski definition) is 3. The second-order valence-electron chi connectivity index (χ2n) is 7.38. The number of aromatic nitrogens is 2. The third kappa shape index (κ3) is 4.46. The maximum atomic E-state index is 10.2. The molecule has 0 aliphatic rings. The average molecular weight is 341 g/mol. The van der Waals surface area contributed by atoms with Gasteiger partial charge in [-0.05, 0) is 41.9 Å². The van der Waals surface area contributed by atoms with Crippen LogP contribution in [0.25, 0.3) is 11.1 Å². The van der Waals surface area contributed by atoms with E-state index in [-0.39, 0.29) is 12.5 Å². The number of aliphatic hydroxyl groups is 1. The first-order chi connectivity index (χ1) is 12.0. The summed E-state index contributed by atoms with van der Waals surface area (Å²) >= 11 is 0. The second-order valence-corrected chi connectivity index (χ2v) is 7.38. The normalized spacial score (nSPS) is 11.5. The number of rotatable bonds is 8. The molecular weight excluding hydrogens is 308 g/mol. The lowest BCUT2D eigenvalue weighted by Crippen LogP contribution is -2.12. The zero-order valence-electron chi connectivity index (χ0n) is 16.3. The van der Waals surface area contributed by atoms with Crippen LogP contribution in [0.1, 0.15) is 88.2 Å². The molecule has 2 aromatic heterocycles. The molecule has 3 nitrogen and oxygen atoms in total. The molecule has 0 unspecified atom stereocenters. The molecule has 0 fully saturated rings. The van der Waals surface area contributed by atoms with Gasteiger partial charge < -0.3 is 5.11 Å². The lowest BCUT2D eigenvalue weighted by Gasteiger charge is -2.24. The van der Waals surface area contributed by atoms with Crippen LogP contribution >= 0.6 is 0 Å². The van der Waals surface area contributed by atoms with Crippen molar-refractivity contribution in [3.63, 3.8) is 0 Å². The van der Waals surface area contributed by atoms with Gasteiger partial charge in [-0.1, -0.05) is 53.5 Å². The largest absolute Gasteiger partial charge is 0.392 e. The van der Waals surface area contributed by atoms with Crippen LogP contribution in [0, 0.1) is 0 Å². The standard InChI is InChI=1S/C22H32N2O/c1-6-7-8-11-18-20(17-10-9-12-23-13-17)19(14-25)22(16(4)5)24-21(18)15(2)3/h9-10,12-13,15-16,25H,6-8,11,14H2,1-5H3. The first kappa shape index (κ1) is 19.6. The van der Waals surface area contributed by atoms with E-state index >= 15 is 0 Å². The summed E-state index contributed by atoms with van der Waals surface area (Å²) in [5.74, 6) is 0.636.